The van der Waals surface area contributed by atoms with E-state index in [1.54, 1.807) is 6.20 Å². The molecule has 0 aliphatic heterocycles. The molecule has 0 saturated heterocycles. The summed E-state index contributed by atoms with van der Waals surface area (Å²) in [6.45, 7) is 0.686. The summed E-state index contributed by atoms with van der Waals surface area (Å²) < 4.78 is 0.968. The number of anilines is 1. The molecule has 0 bridgehead atoms. The van der Waals surface area contributed by atoms with E-state index in [-0.39, 0.29) is 0 Å². The minimum absolute atomic E-state index is 0.503. The Balaban J connectivity index is 2.05. The van der Waals surface area contributed by atoms with E-state index in [1.807, 2.05) is 19.3 Å². The van der Waals surface area contributed by atoms with Crippen LogP contribution in [-0.4, -0.2) is 29.3 Å². The first-order chi connectivity index (χ1) is 7.59. The van der Waals surface area contributed by atoms with E-state index in [4.69, 9.17) is 0 Å². The van der Waals surface area contributed by atoms with Crippen molar-refractivity contribution in [2.75, 3.05) is 18.5 Å². The van der Waals surface area contributed by atoms with Crippen molar-refractivity contribution >= 4 is 21.6 Å². The lowest BCUT2D eigenvalue weighted by Crippen LogP contribution is -2.39. The van der Waals surface area contributed by atoms with Gasteiger partial charge >= 0.3 is 0 Å². The largest absolute Gasteiger partial charge is 0.388 e. The van der Waals surface area contributed by atoms with Gasteiger partial charge in [-0.1, -0.05) is 12.8 Å². The van der Waals surface area contributed by atoms with E-state index in [2.05, 4.69) is 25.8 Å². The van der Waals surface area contributed by atoms with Gasteiger partial charge in [-0.3, -0.25) is 4.98 Å². The summed E-state index contributed by atoms with van der Waals surface area (Å²) in [6.07, 6.45) is 7.70. The smallest absolute Gasteiger partial charge is 0.0821 e. The maximum Gasteiger partial charge on any atom is 0.0821 e. The lowest BCUT2D eigenvalue weighted by Gasteiger charge is -2.29. The fourth-order valence-electron chi connectivity index (χ4n) is 2.33. The molecule has 4 heteroatoms. The van der Waals surface area contributed by atoms with Crippen LogP contribution in [0.3, 0.4) is 0 Å². The molecule has 3 nitrogen and oxygen atoms in total. The van der Waals surface area contributed by atoms with E-state index in [0.29, 0.717) is 6.54 Å². The number of nitrogens with zero attached hydrogens (tertiary/aromatic N) is 2. The molecule has 0 spiro atoms. The summed E-state index contributed by atoms with van der Waals surface area (Å²) in [5.74, 6) is 0. The first-order valence-corrected chi connectivity index (χ1v) is 6.42. The van der Waals surface area contributed by atoms with Crippen molar-refractivity contribution < 1.29 is 5.11 Å². The van der Waals surface area contributed by atoms with Crippen LogP contribution < -0.4 is 4.90 Å². The third-order valence-electron chi connectivity index (χ3n) is 3.20. The van der Waals surface area contributed by atoms with Gasteiger partial charge < -0.3 is 10.0 Å². The van der Waals surface area contributed by atoms with Gasteiger partial charge in [0.15, 0.2) is 0 Å². The predicted molar refractivity (Wildman–Crippen MR) is 68.6 cm³/mol. The first-order valence-electron chi connectivity index (χ1n) is 5.63. The number of aromatic nitrogens is 1. The van der Waals surface area contributed by atoms with Gasteiger partial charge in [0.1, 0.15) is 0 Å². The molecule has 1 aromatic heterocycles. The molecule has 16 heavy (non-hydrogen) atoms. The molecule has 1 saturated carbocycles. The maximum absolute atomic E-state index is 10.3. The van der Waals surface area contributed by atoms with Crippen molar-refractivity contribution in [3.05, 3.63) is 22.9 Å². The topological polar surface area (TPSA) is 36.4 Å². The van der Waals surface area contributed by atoms with Gasteiger partial charge in [0.05, 0.1) is 17.5 Å². The highest BCUT2D eigenvalue weighted by Crippen LogP contribution is 2.31. The van der Waals surface area contributed by atoms with E-state index >= 15 is 0 Å². The average molecular weight is 285 g/mol. The zero-order valence-corrected chi connectivity index (χ0v) is 11.1. The highest BCUT2D eigenvalue weighted by molar-refractivity contribution is 9.10. The van der Waals surface area contributed by atoms with Crippen molar-refractivity contribution in [2.24, 2.45) is 0 Å². The van der Waals surface area contributed by atoms with Crippen LogP contribution in [0.5, 0.6) is 0 Å². The second-order valence-corrected chi connectivity index (χ2v) is 5.56. The normalized spacial score (nSPS) is 18.7. The molecule has 1 heterocycles. The predicted octanol–water partition coefficient (Wildman–Crippen LogP) is 2.59. The second-order valence-electron chi connectivity index (χ2n) is 4.65. The number of likely N-dealkylation sites (N-methyl/N-ethyl adjacent to an activating group) is 1. The number of hydrogen-bond acceptors (Lipinski definition) is 3. The summed E-state index contributed by atoms with van der Waals surface area (Å²) >= 11 is 3.40. The fourth-order valence-corrected chi connectivity index (χ4v) is 2.69. The van der Waals surface area contributed by atoms with Gasteiger partial charge in [-0.05, 0) is 34.8 Å². The van der Waals surface area contributed by atoms with Gasteiger partial charge in [-0.25, -0.2) is 0 Å². The quantitative estimate of drug-likeness (QED) is 0.927. The molecule has 1 aromatic rings. The average Bonchev–Trinajstić information content (AvgIpc) is 2.65. The number of hydrogen-bond donors (Lipinski definition) is 1. The number of aliphatic hydroxyl groups is 1. The molecule has 1 aliphatic carbocycles. The van der Waals surface area contributed by atoms with Crippen LogP contribution in [0, 0.1) is 0 Å². The monoisotopic (exact) mass is 284 g/mol. The lowest BCUT2D eigenvalue weighted by molar-refractivity contribution is 0.0559. The molecular formula is C12H17BrN2O. The van der Waals surface area contributed by atoms with E-state index in [0.717, 1.165) is 35.8 Å². The van der Waals surface area contributed by atoms with Crippen LogP contribution in [0.15, 0.2) is 22.9 Å². The summed E-state index contributed by atoms with van der Waals surface area (Å²) in [6, 6.07) is 2.02. The van der Waals surface area contributed by atoms with Gasteiger partial charge in [-0.15, -0.1) is 0 Å². The summed E-state index contributed by atoms with van der Waals surface area (Å²) in [4.78, 5) is 6.20. The Bertz CT molecular complexity index is 364. The number of pyridine rings is 1. The Morgan fingerprint density at radius 3 is 2.75 bits per heavy atom. The van der Waals surface area contributed by atoms with Crippen LogP contribution in [0.2, 0.25) is 0 Å². The Morgan fingerprint density at radius 1 is 1.44 bits per heavy atom. The molecule has 0 aromatic carbocycles. The van der Waals surface area contributed by atoms with E-state index in [1.165, 1.54) is 0 Å². The zero-order valence-electron chi connectivity index (χ0n) is 9.49. The van der Waals surface area contributed by atoms with Crippen LogP contribution in [0.1, 0.15) is 25.7 Å². The molecular weight excluding hydrogens is 268 g/mol. The van der Waals surface area contributed by atoms with Crippen LogP contribution in [-0.2, 0) is 0 Å². The Morgan fingerprint density at radius 2 is 2.12 bits per heavy atom. The van der Waals surface area contributed by atoms with Crippen molar-refractivity contribution in [1.29, 1.82) is 0 Å². The van der Waals surface area contributed by atoms with Crippen LogP contribution >= 0.6 is 15.9 Å². The van der Waals surface area contributed by atoms with Gasteiger partial charge in [0.2, 0.25) is 0 Å². The van der Waals surface area contributed by atoms with Gasteiger partial charge in [0.25, 0.3) is 0 Å². The molecule has 1 fully saturated rings. The molecule has 0 amide bonds. The summed E-state index contributed by atoms with van der Waals surface area (Å²) in [5.41, 5.74) is 0.534. The third kappa shape index (κ3) is 2.74. The molecule has 0 atom stereocenters. The van der Waals surface area contributed by atoms with Crippen molar-refractivity contribution in [2.45, 2.75) is 31.3 Å². The highest BCUT2D eigenvalue weighted by atomic mass is 79.9. The second kappa shape index (κ2) is 4.72. The van der Waals surface area contributed by atoms with E-state index < -0.39 is 5.60 Å². The number of halogens is 1. The Labute approximate surface area is 105 Å². The molecule has 0 radical (unpaired) electrons. The summed E-state index contributed by atoms with van der Waals surface area (Å²) in [7, 11) is 2.00. The Kier molecular flexibility index (Phi) is 3.50. The van der Waals surface area contributed by atoms with Crippen molar-refractivity contribution in [1.82, 2.24) is 4.98 Å². The molecule has 88 valence electrons. The minimum atomic E-state index is -0.503. The minimum Gasteiger partial charge on any atom is -0.388 e. The fraction of sp³-hybridized carbons (Fsp3) is 0.583. The molecule has 1 aliphatic rings. The van der Waals surface area contributed by atoms with Crippen LogP contribution in [0.4, 0.5) is 5.69 Å². The Hall–Kier alpha value is -0.610. The lowest BCUT2D eigenvalue weighted by atomic mass is 10.0. The van der Waals surface area contributed by atoms with Gasteiger partial charge in [-0.2, -0.15) is 0 Å². The zero-order chi connectivity index (χ0) is 11.6. The van der Waals surface area contributed by atoms with Crippen molar-refractivity contribution in [3.8, 4) is 0 Å². The SMILES string of the molecule is CN(CC1(O)CCCC1)c1cncc(Br)c1. The van der Waals surface area contributed by atoms with Crippen LogP contribution in [0.25, 0.3) is 0 Å². The molecule has 2 rings (SSSR count). The third-order valence-corrected chi connectivity index (χ3v) is 3.63. The molecule has 1 N–H and O–H groups in total. The van der Waals surface area contributed by atoms with Crippen molar-refractivity contribution in [3.63, 3.8) is 0 Å². The summed E-state index contributed by atoms with van der Waals surface area (Å²) in [5, 5.41) is 10.3. The molecule has 0 unspecified atom stereocenters. The van der Waals surface area contributed by atoms with E-state index in [9.17, 15) is 5.11 Å². The first kappa shape index (κ1) is 11.9. The standard InChI is InChI=1S/C12H17BrN2O/c1-15(9-12(16)4-2-3-5-12)11-6-10(13)7-14-8-11/h6-8,16H,2-5,9H2,1H3. The maximum atomic E-state index is 10.3. The highest BCUT2D eigenvalue weighted by Gasteiger charge is 2.32. The number of rotatable bonds is 3. The van der Waals surface area contributed by atoms with Gasteiger partial charge in [0, 0.05) is 24.3 Å².